The van der Waals surface area contributed by atoms with Gasteiger partial charge in [-0.05, 0) is 20.8 Å². The van der Waals surface area contributed by atoms with Gasteiger partial charge in [0.25, 0.3) is 0 Å². The van der Waals surface area contributed by atoms with E-state index in [1.54, 1.807) is 35.5 Å². The van der Waals surface area contributed by atoms with E-state index in [-0.39, 0.29) is 114 Å². The highest BCUT2D eigenvalue weighted by Crippen LogP contribution is 2.11. The molecule has 0 aliphatic heterocycles. The van der Waals surface area contributed by atoms with Crippen molar-refractivity contribution in [2.45, 2.75) is 20.8 Å². The van der Waals surface area contributed by atoms with E-state index in [1.165, 1.54) is 0 Å². The highest BCUT2D eigenvalue weighted by atomic mass is 16.5. The van der Waals surface area contributed by atoms with Crippen LogP contribution in [0.3, 0.4) is 0 Å². The van der Waals surface area contributed by atoms with Crippen LogP contribution in [0.1, 0.15) is 20.8 Å². The van der Waals surface area contributed by atoms with Crippen LogP contribution in [-0.2, 0) is 28.6 Å². The summed E-state index contributed by atoms with van der Waals surface area (Å²) >= 11 is 0. The molecule has 0 aliphatic rings. The minimum absolute atomic E-state index is 0.0783. The van der Waals surface area contributed by atoms with Gasteiger partial charge in [-0.1, -0.05) is 19.7 Å². The summed E-state index contributed by atoms with van der Waals surface area (Å²) in [5.74, 6) is -1.02. The van der Waals surface area contributed by atoms with E-state index in [9.17, 15) is 29.7 Å². The summed E-state index contributed by atoms with van der Waals surface area (Å²) in [5.41, 5.74) is 0.841. The molecule has 1 rings (SSSR count). The summed E-state index contributed by atoms with van der Waals surface area (Å²) in [6, 6.07) is 0. The van der Waals surface area contributed by atoms with Crippen LogP contribution in [0.25, 0.3) is 0 Å². The van der Waals surface area contributed by atoms with Crippen molar-refractivity contribution in [2.24, 2.45) is 0 Å². The smallest absolute Gasteiger partial charge is 0.333 e. The van der Waals surface area contributed by atoms with Crippen LogP contribution in [0, 0.1) is 0 Å². The zero-order chi connectivity index (χ0) is 35.9. The summed E-state index contributed by atoms with van der Waals surface area (Å²) in [4.78, 5) is 53.9. The largest absolute Gasteiger partial charge is 0.461 e. The van der Waals surface area contributed by atoms with Crippen molar-refractivity contribution in [2.75, 3.05) is 115 Å². The highest BCUT2D eigenvalue weighted by molar-refractivity contribution is 5.87. The van der Waals surface area contributed by atoms with E-state index in [2.05, 4.69) is 50.6 Å². The standard InChI is InChI=1S/C30H51N9O9/c1-22(2)25(43)46-16-10-37(7-13-40)19-31-28-34-29(32-20-38(8-14-41)11-17-47-26(44)23(3)4)36-30(35-28)33-21-39(9-15-42)12-18-48-27(45)24(5)6/h40-42H,1,3,5,7-21H2,2,4,6H3,(H3,31,32,33,34,35,36). The van der Waals surface area contributed by atoms with E-state index in [0.717, 1.165) is 0 Å². The van der Waals surface area contributed by atoms with Gasteiger partial charge in [-0.15, -0.1) is 0 Å². The van der Waals surface area contributed by atoms with Crippen LogP contribution in [0.15, 0.2) is 36.5 Å². The third kappa shape index (κ3) is 18.2. The van der Waals surface area contributed by atoms with E-state index >= 15 is 0 Å². The molecule has 0 fully saturated rings. The lowest BCUT2D eigenvalue weighted by Gasteiger charge is -2.24. The molecule has 0 aromatic carbocycles. The van der Waals surface area contributed by atoms with Gasteiger partial charge in [0.2, 0.25) is 17.8 Å². The summed E-state index contributed by atoms with van der Waals surface area (Å²) in [7, 11) is 0. The maximum atomic E-state index is 11.7. The highest BCUT2D eigenvalue weighted by Gasteiger charge is 2.14. The second-order valence-corrected chi connectivity index (χ2v) is 10.6. The van der Waals surface area contributed by atoms with Gasteiger partial charge in [0.1, 0.15) is 19.8 Å². The van der Waals surface area contributed by atoms with Crippen LogP contribution in [0.4, 0.5) is 17.8 Å². The van der Waals surface area contributed by atoms with Crippen LogP contribution in [-0.4, -0.2) is 162 Å². The van der Waals surface area contributed by atoms with Gasteiger partial charge in [0, 0.05) is 56.0 Å². The summed E-state index contributed by atoms with van der Waals surface area (Å²) in [6.07, 6.45) is 0. The first-order valence-corrected chi connectivity index (χ1v) is 15.3. The molecule has 18 nitrogen and oxygen atoms in total. The molecule has 1 heterocycles. The Morgan fingerprint density at radius 3 is 1.00 bits per heavy atom. The third-order valence-corrected chi connectivity index (χ3v) is 6.23. The van der Waals surface area contributed by atoms with Crippen LogP contribution < -0.4 is 16.0 Å². The number of carbonyl (C=O) groups is 3. The SMILES string of the molecule is C=C(C)C(=O)OCCN(CCO)CNc1nc(NCN(CCO)CCOC(=O)C(=C)C)nc(NCN(CCO)CCOC(=O)C(=C)C)n1. The van der Waals surface area contributed by atoms with Gasteiger partial charge in [-0.2, -0.15) is 15.0 Å². The van der Waals surface area contributed by atoms with Crippen molar-refractivity contribution in [1.82, 2.24) is 29.7 Å². The monoisotopic (exact) mass is 681 g/mol. The minimum atomic E-state index is -0.510. The van der Waals surface area contributed by atoms with Gasteiger partial charge < -0.3 is 45.5 Å². The zero-order valence-corrected chi connectivity index (χ0v) is 28.2. The Balaban J connectivity index is 3.06. The third-order valence-electron chi connectivity index (χ3n) is 6.23. The molecule has 1 aromatic heterocycles. The Morgan fingerprint density at radius 2 is 0.792 bits per heavy atom. The van der Waals surface area contributed by atoms with E-state index in [0.29, 0.717) is 19.6 Å². The molecule has 0 amide bonds. The summed E-state index contributed by atoms with van der Waals surface area (Å²) < 4.78 is 15.5. The molecule has 0 spiro atoms. The molecule has 0 aliphatic carbocycles. The average molecular weight is 682 g/mol. The maximum Gasteiger partial charge on any atom is 0.333 e. The number of nitrogens with one attached hydrogen (secondary N) is 3. The predicted molar refractivity (Wildman–Crippen MR) is 179 cm³/mol. The molecule has 48 heavy (non-hydrogen) atoms. The number of ether oxygens (including phenoxy) is 3. The van der Waals surface area contributed by atoms with Gasteiger partial charge in [0.05, 0.1) is 39.8 Å². The first-order chi connectivity index (χ1) is 22.9. The molecule has 18 heteroatoms. The number of hydrogen-bond acceptors (Lipinski definition) is 18. The Kier molecular flexibility index (Phi) is 20.9. The van der Waals surface area contributed by atoms with Crippen molar-refractivity contribution >= 4 is 35.8 Å². The predicted octanol–water partition coefficient (Wildman–Crippen LogP) is -0.779. The average Bonchev–Trinajstić information content (AvgIpc) is 3.04. The number of carbonyl (C=O) groups excluding carboxylic acids is 3. The Hall–Kier alpha value is -4.20. The Morgan fingerprint density at radius 1 is 0.542 bits per heavy atom. The Labute approximate surface area is 281 Å². The van der Waals surface area contributed by atoms with Gasteiger partial charge in [-0.3, -0.25) is 14.7 Å². The van der Waals surface area contributed by atoms with Crippen LogP contribution in [0.2, 0.25) is 0 Å². The first kappa shape index (κ1) is 41.8. The Bertz CT molecular complexity index is 1050. The van der Waals surface area contributed by atoms with Crippen molar-refractivity contribution in [3.05, 3.63) is 36.5 Å². The fraction of sp³-hybridized carbons (Fsp3) is 0.600. The van der Waals surface area contributed by atoms with Crippen molar-refractivity contribution in [3.63, 3.8) is 0 Å². The second-order valence-electron chi connectivity index (χ2n) is 10.6. The molecular formula is C30H51N9O9. The maximum absolute atomic E-state index is 11.7. The zero-order valence-electron chi connectivity index (χ0n) is 28.2. The lowest BCUT2D eigenvalue weighted by molar-refractivity contribution is -0.140. The van der Waals surface area contributed by atoms with E-state index < -0.39 is 17.9 Å². The van der Waals surface area contributed by atoms with E-state index in [4.69, 9.17) is 14.2 Å². The molecule has 1 aromatic rings. The summed E-state index contributed by atoms with van der Waals surface area (Å²) in [5, 5.41) is 37.8. The number of rotatable bonds is 27. The molecule has 270 valence electrons. The molecule has 6 N–H and O–H groups in total. The normalized spacial score (nSPS) is 10.9. The van der Waals surface area contributed by atoms with Crippen molar-refractivity contribution < 1.29 is 43.9 Å². The van der Waals surface area contributed by atoms with Crippen molar-refractivity contribution in [3.8, 4) is 0 Å². The fourth-order valence-electron chi connectivity index (χ4n) is 3.57. The van der Waals surface area contributed by atoms with Gasteiger partial charge >= 0.3 is 17.9 Å². The molecule has 0 saturated carbocycles. The number of aliphatic hydroxyl groups excluding tert-OH is 3. The second kappa shape index (κ2) is 24.0. The number of nitrogens with zero attached hydrogens (tertiary/aromatic N) is 6. The lowest BCUT2D eigenvalue weighted by atomic mass is 10.4. The number of hydrogen-bond donors (Lipinski definition) is 6. The molecule has 0 bridgehead atoms. The molecule has 0 saturated heterocycles. The minimum Gasteiger partial charge on any atom is -0.461 e. The van der Waals surface area contributed by atoms with E-state index in [1.807, 2.05) is 0 Å². The van der Waals surface area contributed by atoms with Gasteiger partial charge in [-0.25, -0.2) is 14.4 Å². The molecule has 0 radical (unpaired) electrons. The number of anilines is 3. The number of esters is 3. The van der Waals surface area contributed by atoms with Gasteiger partial charge in [0.15, 0.2) is 0 Å². The molecule has 0 unspecified atom stereocenters. The summed E-state index contributed by atoms with van der Waals surface area (Å²) in [6.45, 7) is 17.5. The quantitative estimate of drug-likeness (QED) is 0.0290. The molecule has 0 atom stereocenters. The lowest BCUT2D eigenvalue weighted by Crippen LogP contribution is -2.37. The van der Waals surface area contributed by atoms with Crippen molar-refractivity contribution in [1.29, 1.82) is 0 Å². The first-order valence-electron chi connectivity index (χ1n) is 15.3. The van der Waals surface area contributed by atoms with Crippen LogP contribution >= 0.6 is 0 Å². The topological polar surface area (TPSA) is 224 Å². The van der Waals surface area contributed by atoms with Crippen LogP contribution in [0.5, 0.6) is 0 Å². The number of aliphatic hydroxyl groups is 3. The number of aromatic nitrogens is 3. The fourth-order valence-corrected chi connectivity index (χ4v) is 3.57. The molecular weight excluding hydrogens is 630 g/mol.